The lowest BCUT2D eigenvalue weighted by Gasteiger charge is -2.28. The smallest absolute Gasteiger partial charge is 0.269 e. The molecule has 2 rings (SSSR count). The monoisotopic (exact) mass is 264 g/mol. The zero-order chi connectivity index (χ0) is 13.7. The van der Waals surface area contributed by atoms with E-state index in [4.69, 9.17) is 0 Å². The fourth-order valence-electron chi connectivity index (χ4n) is 2.54. The van der Waals surface area contributed by atoms with Gasteiger partial charge in [-0.1, -0.05) is 25.0 Å². The maximum Gasteiger partial charge on any atom is 0.269 e. The maximum absolute atomic E-state index is 10.5. The van der Waals surface area contributed by atoms with Crippen LogP contribution in [0, 0.1) is 10.1 Å². The molecule has 0 radical (unpaired) electrons. The van der Waals surface area contributed by atoms with E-state index in [0.717, 1.165) is 37.8 Å². The Morgan fingerprint density at radius 2 is 1.95 bits per heavy atom. The molecule has 19 heavy (non-hydrogen) atoms. The van der Waals surface area contributed by atoms with Crippen LogP contribution in [0.3, 0.4) is 0 Å². The lowest BCUT2D eigenvalue weighted by atomic mass is 9.92. The minimum Gasteiger partial charge on any atom is -0.392 e. The molecule has 1 aromatic rings. The molecule has 104 valence electrons. The molecular formula is C14H20N2O3. The number of nitro benzene ring substituents is 1. The van der Waals surface area contributed by atoms with E-state index in [2.05, 4.69) is 5.32 Å². The summed E-state index contributed by atoms with van der Waals surface area (Å²) >= 11 is 0. The minimum atomic E-state index is -0.388. The van der Waals surface area contributed by atoms with Gasteiger partial charge in [0.25, 0.3) is 5.69 Å². The Balaban J connectivity index is 1.77. The van der Waals surface area contributed by atoms with Crippen molar-refractivity contribution in [2.24, 2.45) is 0 Å². The number of aliphatic hydroxyl groups excluding tert-OH is 1. The number of benzene rings is 1. The second kappa shape index (κ2) is 6.63. The fourth-order valence-corrected chi connectivity index (χ4v) is 2.54. The molecule has 0 amide bonds. The number of aliphatic hydroxyl groups is 1. The summed E-state index contributed by atoms with van der Waals surface area (Å²) in [6.07, 6.45) is 4.79. The van der Waals surface area contributed by atoms with Gasteiger partial charge in [0.05, 0.1) is 11.0 Å². The Kier molecular flexibility index (Phi) is 4.87. The largest absolute Gasteiger partial charge is 0.392 e. The first kappa shape index (κ1) is 14.0. The van der Waals surface area contributed by atoms with Gasteiger partial charge in [0.15, 0.2) is 0 Å². The quantitative estimate of drug-likeness (QED) is 0.630. The van der Waals surface area contributed by atoms with Crippen molar-refractivity contribution in [3.63, 3.8) is 0 Å². The van der Waals surface area contributed by atoms with E-state index < -0.39 is 0 Å². The molecule has 1 aliphatic carbocycles. The molecule has 2 atom stereocenters. The molecule has 2 N–H and O–H groups in total. The average molecular weight is 264 g/mol. The van der Waals surface area contributed by atoms with Crippen molar-refractivity contribution in [1.82, 2.24) is 5.32 Å². The highest BCUT2D eigenvalue weighted by Crippen LogP contribution is 2.18. The van der Waals surface area contributed by atoms with E-state index in [0.29, 0.717) is 0 Å². The zero-order valence-corrected chi connectivity index (χ0v) is 10.9. The molecule has 0 aromatic heterocycles. The third kappa shape index (κ3) is 4.01. The van der Waals surface area contributed by atoms with Crippen molar-refractivity contribution in [2.75, 3.05) is 6.54 Å². The van der Waals surface area contributed by atoms with E-state index >= 15 is 0 Å². The van der Waals surface area contributed by atoms with Gasteiger partial charge < -0.3 is 10.4 Å². The number of nitrogens with zero attached hydrogens (tertiary/aromatic N) is 1. The van der Waals surface area contributed by atoms with Gasteiger partial charge in [0.2, 0.25) is 0 Å². The van der Waals surface area contributed by atoms with Crippen molar-refractivity contribution in [3.8, 4) is 0 Å². The van der Waals surface area contributed by atoms with Crippen LogP contribution in [0.2, 0.25) is 0 Å². The van der Waals surface area contributed by atoms with Gasteiger partial charge in [-0.3, -0.25) is 10.1 Å². The van der Waals surface area contributed by atoms with Gasteiger partial charge in [-0.2, -0.15) is 0 Å². The normalized spacial score (nSPS) is 23.2. The van der Waals surface area contributed by atoms with Crippen LogP contribution in [0.5, 0.6) is 0 Å². The maximum atomic E-state index is 10.5. The summed E-state index contributed by atoms with van der Waals surface area (Å²) in [5, 5.41) is 23.7. The Bertz CT molecular complexity index is 419. The molecule has 0 aliphatic heterocycles. The Morgan fingerprint density at radius 1 is 1.26 bits per heavy atom. The van der Waals surface area contributed by atoms with Crippen molar-refractivity contribution < 1.29 is 10.0 Å². The van der Waals surface area contributed by atoms with Crippen molar-refractivity contribution >= 4 is 5.69 Å². The minimum absolute atomic E-state index is 0.124. The summed E-state index contributed by atoms with van der Waals surface area (Å²) in [6, 6.07) is 6.84. The number of nitrogens with one attached hydrogen (secondary N) is 1. The van der Waals surface area contributed by atoms with Gasteiger partial charge in [0, 0.05) is 18.2 Å². The predicted molar refractivity (Wildman–Crippen MR) is 73.1 cm³/mol. The summed E-state index contributed by atoms with van der Waals surface area (Å²) in [4.78, 5) is 10.1. The number of nitro groups is 1. The lowest BCUT2D eigenvalue weighted by molar-refractivity contribution is -0.384. The SMILES string of the molecule is O=[N+]([O-])c1ccc(CCNC2CCCCC2O)cc1. The van der Waals surface area contributed by atoms with E-state index in [1.54, 1.807) is 12.1 Å². The molecular weight excluding hydrogens is 244 g/mol. The Hall–Kier alpha value is -1.46. The number of hydrogen-bond donors (Lipinski definition) is 2. The van der Waals surface area contributed by atoms with Crippen LogP contribution in [-0.4, -0.2) is 28.7 Å². The molecule has 2 unspecified atom stereocenters. The van der Waals surface area contributed by atoms with Gasteiger partial charge >= 0.3 is 0 Å². The molecule has 5 nitrogen and oxygen atoms in total. The van der Waals surface area contributed by atoms with E-state index in [1.807, 2.05) is 0 Å². The third-order valence-electron chi connectivity index (χ3n) is 3.70. The summed E-state index contributed by atoms with van der Waals surface area (Å²) in [7, 11) is 0. The van der Waals surface area contributed by atoms with Crippen LogP contribution < -0.4 is 5.32 Å². The van der Waals surface area contributed by atoms with Crippen LogP contribution in [0.15, 0.2) is 24.3 Å². The molecule has 5 heteroatoms. The molecule has 1 fully saturated rings. The Morgan fingerprint density at radius 3 is 2.58 bits per heavy atom. The van der Waals surface area contributed by atoms with Gasteiger partial charge in [-0.15, -0.1) is 0 Å². The van der Waals surface area contributed by atoms with Crippen molar-refractivity contribution in [3.05, 3.63) is 39.9 Å². The van der Waals surface area contributed by atoms with Crippen LogP contribution in [0.25, 0.3) is 0 Å². The van der Waals surface area contributed by atoms with Gasteiger partial charge in [-0.05, 0) is 31.4 Å². The summed E-state index contributed by atoms with van der Waals surface area (Å²) in [5.41, 5.74) is 1.20. The molecule has 1 saturated carbocycles. The van der Waals surface area contributed by atoms with Crippen LogP contribution in [0.1, 0.15) is 31.2 Å². The number of rotatable bonds is 5. The van der Waals surface area contributed by atoms with Crippen molar-refractivity contribution in [2.45, 2.75) is 44.2 Å². The van der Waals surface area contributed by atoms with E-state index in [-0.39, 0.29) is 22.8 Å². The Labute approximate surface area is 112 Å². The molecule has 1 aromatic carbocycles. The molecule has 0 bridgehead atoms. The molecule has 0 saturated heterocycles. The predicted octanol–water partition coefficient (Wildman–Crippen LogP) is 2.03. The summed E-state index contributed by atoms with van der Waals surface area (Å²) in [5.74, 6) is 0. The average Bonchev–Trinajstić information content (AvgIpc) is 2.41. The van der Waals surface area contributed by atoms with Crippen molar-refractivity contribution in [1.29, 1.82) is 0 Å². The lowest BCUT2D eigenvalue weighted by Crippen LogP contribution is -2.42. The highest BCUT2D eigenvalue weighted by molar-refractivity contribution is 5.32. The number of hydrogen-bond acceptors (Lipinski definition) is 4. The van der Waals surface area contributed by atoms with Crippen LogP contribution in [-0.2, 0) is 6.42 Å². The highest BCUT2D eigenvalue weighted by Gasteiger charge is 2.21. The first-order valence-electron chi connectivity index (χ1n) is 6.81. The van der Waals surface area contributed by atoms with E-state index in [9.17, 15) is 15.2 Å². The number of non-ortho nitro benzene ring substituents is 1. The molecule has 0 spiro atoms. The van der Waals surface area contributed by atoms with Crippen LogP contribution in [0.4, 0.5) is 5.69 Å². The summed E-state index contributed by atoms with van der Waals surface area (Å²) < 4.78 is 0. The second-order valence-electron chi connectivity index (χ2n) is 5.09. The third-order valence-corrected chi connectivity index (χ3v) is 3.70. The molecule has 0 heterocycles. The first-order chi connectivity index (χ1) is 9.16. The zero-order valence-electron chi connectivity index (χ0n) is 10.9. The fraction of sp³-hybridized carbons (Fsp3) is 0.571. The summed E-state index contributed by atoms with van der Waals surface area (Å²) in [6.45, 7) is 0.791. The molecule has 1 aliphatic rings. The van der Waals surface area contributed by atoms with Gasteiger partial charge in [-0.25, -0.2) is 0 Å². The topological polar surface area (TPSA) is 75.4 Å². The second-order valence-corrected chi connectivity index (χ2v) is 5.09. The van der Waals surface area contributed by atoms with E-state index in [1.165, 1.54) is 18.6 Å². The highest BCUT2D eigenvalue weighted by atomic mass is 16.6. The van der Waals surface area contributed by atoms with Crippen LogP contribution >= 0.6 is 0 Å². The standard InChI is InChI=1S/C14H20N2O3/c17-14-4-2-1-3-13(14)15-10-9-11-5-7-12(8-6-11)16(18)19/h5-8,13-15,17H,1-4,9-10H2. The van der Waals surface area contributed by atoms with Gasteiger partial charge in [0.1, 0.15) is 0 Å². The first-order valence-corrected chi connectivity index (χ1v) is 6.81.